The Bertz CT molecular complexity index is 366. The van der Waals surface area contributed by atoms with E-state index in [0.29, 0.717) is 0 Å². The van der Waals surface area contributed by atoms with Crippen LogP contribution in [0.2, 0.25) is 0 Å². The van der Waals surface area contributed by atoms with E-state index in [-0.39, 0.29) is 0 Å². The van der Waals surface area contributed by atoms with Crippen LogP contribution < -0.4 is 4.74 Å². The fraction of sp³-hybridized carbons (Fsp3) is 0.684. The standard InChI is InChI=1S/C19H30O/c1-2-3-15-20-19-14-8-13-18(16-19)12-7-11-17-9-5-4-6-10-17/h8,13-14,16-17H,2-7,9-12,15H2,1H3. The van der Waals surface area contributed by atoms with E-state index in [1.165, 1.54) is 63.4 Å². The van der Waals surface area contributed by atoms with Gasteiger partial charge in [0.2, 0.25) is 0 Å². The molecule has 2 rings (SSSR count). The molecule has 0 spiro atoms. The number of hydrogen-bond acceptors (Lipinski definition) is 1. The van der Waals surface area contributed by atoms with Crippen LogP contribution in [0.25, 0.3) is 0 Å². The third-order valence-electron chi connectivity index (χ3n) is 4.47. The zero-order chi connectivity index (χ0) is 14.0. The highest BCUT2D eigenvalue weighted by Crippen LogP contribution is 2.28. The predicted octanol–water partition coefficient (Wildman–Crippen LogP) is 5.77. The van der Waals surface area contributed by atoms with Crippen molar-refractivity contribution in [2.75, 3.05) is 6.61 Å². The van der Waals surface area contributed by atoms with Crippen molar-refractivity contribution in [2.45, 2.75) is 71.1 Å². The van der Waals surface area contributed by atoms with Crippen LogP contribution in [0, 0.1) is 5.92 Å². The molecule has 1 fully saturated rings. The molecule has 1 heteroatoms. The van der Waals surface area contributed by atoms with Crippen molar-refractivity contribution >= 4 is 0 Å². The maximum Gasteiger partial charge on any atom is 0.119 e. The van der Waals surface area contributed by atoms with Crippen LogP contribution in [0.5, 0.6) is 5.75 Å². The van der Waals surface area contributed by atoms with Gasteiger partial charge in [-0.3, -0.25) is 0 Å². The van der Waals surface area contributed by atoms with Gasteiger partial charge in [-0.1, -0.05) is 64.0 Å². The highest BCUT2D eigenvalue weighted by molar-refractivity contribution is 5.28. The van der Waals surface area contributed by atoms with Gasteiger partial charge in [0.1, 0.15) is 5.75 Å². The van der Waals surface area contributed by atoms with E-state index >= 15 is 0 Å². The van der Waals surface area contributed by atoms with Crippen LogP contribution in [-0.2, 0) is 6.42 Å². The van der Waals surface area contributed by atoms with Crippen molar-refractivity contribution in [2.24, 2.45) is 5.92 Å². The van der Waals surface area contributed by atoms with Crippen LogP contribution in [0.15, 0.2) is 24.3 Å². The lowest BCUT2D eigenvalue weighted by atomic mass is 9.85. The van der Waals surface area contributed by atoms with Crippen LogP contribution in [0.4, 0.5) is 0 Å². The van der Waals surface area contributed by atoms with Gasteiger partial charge in [0.15, 0.2) is 0 Å². The van der Waals surface area contributed by atoms with Crippen molar-refractivity contribution in [1.29, 1.82) is 0 Å². The molecular formula is C19H30O. The first-order chi connectivity index (χ1) is 9.88. The Hall–Kier alpha value is -0.980. The van der Waals surface area contributed by atoms with Gasteiger partial charge in [0.25, 0.3) is 0 Å². The Labute approximate surface area is 124 Å². The number of aryl methyl sites for hydroxylation is 1. The second-order valence-electron chi connectivity index (χ2n) is 6.25. The van der Waals surface area contributed by atoms with Gasteiger partial charge in [-0.2, -0.15) is 0 Å². The van der Waals surface area contributed by atoms with E-state index in [1.54, 1.807) is 0 Å². The summed E-state index contributed by atoms with van der Waals surface area (Å²) in [4.78, 5) is 0. The SMILES string of the molecule is CCCCOc1cccc(CCCC2CCCCC2)c1. The highest BCUT2D eigenvalue weighted by atomic mass is 16.5. The van der Waals surface area contributed by atoms with Gasteiger partial charge in [0, 0.05) is 0 Å². The van der Waals surface area contributed by atoms with Crippen molar-refractivity contribution in [3.63, 3.8) is 0 Å². The normalized spacial score (nSPS) is 16.2. The molecule has 0 bridgehead atoms. The average Bonchev–Trinajstić information content (AvgIpc) is 2.49. The van der Waals surface area contributed by atoms with Gasteiger partial charge in [-0.15, -0.1) is 0 Å². The van der Waals surface area contributed by atoms with E-state index < -0.39 is 0 Å². The largest absolute Gasteiger partial charge is 0.494 e. The Morgan fingerprint density at radius 3 is 2.75 bits per heavy atom. The summed E-state index contributed by atoms with van der Waals surface area (Å²) in [6.07, 6.45) is 13.6. The molecule has 1 aliphatic carbocycles. The summed E-state index contributed by atoms with van der Waals surface area (Å²) >= 11 is 0. The summed E-state index contributed by atoms with van der Waals surface area (Å²) in [6, 6.07) is 8.70. The molecule has 1 nitrogen and oxygen atoms in total. The van der Waals surface area contributed by atoms with Gasteiger partial charge in [-0.25, -0.2) is 0 Å². The lowest BCUT2D eigenvalue weighted by Gasteiger charge is -2.21. The van der Waals surface area contributed by atoms with Crippen LogP contribution in [-0.4, -0.2) is 6.61 Å². The minimum absolute atomic E-state index is 0.849. The van der Waals surface area contributed by atoms with Crippen molar-refractivity contribution in [1.82, 2.24) is 0 Å². The Kier molecular flexibility index (Phi) is 6.97. The molecule has 112 valence electrons. The van der Waals surface area contributed by atoms with E-state index in [0.717, 1.165) is 24.7 Å². The number of benzene rings is 1. The van der Waals surface area contributed by atoms with E-state index in [4.69, 9.17) is 4.74 Å². The molecule has 1 aliphatic rings. The molecule has 20 heavy (non-hydrogen) atoms. The topological polar surface area (TPSA) is 9.23 Å². The second kappa shape index (κ2) is 9.05. The van der Waals surface area contributed by atoms with Gasteiger partial charge < -0.3 is 4.74 Å². The Morgan fingerprint density at radius 2 is 1.95 bits per heavy atom. The quantitative estimate of drug-likeness (QED) is 0.547. The first-order valence-corrected chi connectivity index (χ1v) is 8.60. The van der Waals surface area contributed by atoms with Crippen LogP contribution in [0.3, 0.4) is 0 Å². The maximum atomic E-state index is 5.78. The third kappa shape index (κ3) is 5.56. The first-order valence-electron chi connectivity index (χ1n) is 8.60. The monoisotopic (exact) mass is 274 g/mol. The van der Waals surface area contributed by atoms with Gasteiger partial charge in [0.05, 0.1) is 6.61 Å². The molecule has 1 aromatic carbocycles. The number of rotatable bonds is 8. The maximum absolute atomic E-state index is 5.78. The van der Waals surface area contributed by atoms with Crippen molar-refractivity contribution < 1.29 is 4.74 Å². The zero-order valence-electron chi connectivity index (χ0n) is 13.1. The predicted molar refractivity (Wildman–Crippen MR) is 86.4 cm³/mol. The fourth-order valence-electron chi connectivity index (χ4n) is 3.20. The summed E-state index contributed by atoms with van der Waals surface area (Å²) in [7, 11) is 0. The minimum Gasteiger partial charge on any atom is -0.494 e. The van der Waals surface area contributed by atoms with E-state index in [2.05, 4.69) is 31.2 Å². The average molecular weight is 274 g/mol. The molecule has 0 aromatic heterocycles. The summed E-state index contributed by atoms with van der Waals surface area (Å²) in [5.74, 6) is 2.06. The summed E-state index contributed by atoms with van der Waals surface area (Å²) in [6.45, 7) is 3.05. The van der Waals surface area contributed by atoms with Crippen LogP contribution >= 0.6 is 0 Å². The third-order valence-corrected chi connectivity index (χ3v) is 4.47. The number of ether oxygens (including phenoxy) is 1. The molecule has 0 N–H and O–H groups in total. The fourth-order valence-corrected chi connectivity index (χ4v) is 3.20. The summed E-state index contributed by atoms with van der Waals surface area (Å²) in [5, 5.41) is 0. The van der Waals surface area contributed by atoms with E-state index in [9.17, 15) is 0 Å². The second-order valence-corrected chi connectivity index (χ2v) is 6.25. The van der Waals surface area contributed by atoms with Gasteiger partial charge in [-0.05, 0) is 42.9 Å². The Balaban J connectivity index is 1.70. The van der Waals surface area contributed by atoms with Crippen molar-refractivity contribution in [3.05, 3.63) is 29.8 Å². The molecular weight excluding hydrogens is 244 g/mol. The Morgan fingerprint density at radius 1 is 1.10 bits per heavy atom. The number of hydrogen-bond donors (Lipinski definition) is 0. The molecule has 0 heterocycles. The highest BCUT2D eigenvalue weighted by Gasteiger charge is 2.12. The van der Waals surface area contributed by atoms with Gasteiger partial charge >= 0.3 is 0 Å². The molecule has 1 saturated carbocycles. The lowest BCUT2D eigenvalue weighted by Crippen LogP contribution is -2.06. The number of unbranched alkanes of at least 4 members (excludes halogenated alkanes) is 1. The molecule has 1 aromatic rings. The minimum atomic E-state index is 0.849. The molecule has 0 aliphatic heterocycles. The molecule has 0 atom stereocenters. The zero-order valence-corrected chi connectivity index (χ0v) is 13.1. The molecule has 0 saturated heterocycles. The molecule has 0 radical (unpaired) electrons. The van der Waals surface area contributed by atoms with Crippen LogP contribution in [0.1, 0.15) is 70.3 Å². The smallest absolute Gasteiger partial charge is 0.119 e. The van der Waals surface area contributed by atoms with Crippen molar-refractivity contribution in [3.8, 4) is 5.75 Å². The molecule has 0 unspecified atom stereocenters. The summed E-state index contributed by atoms with van der Waals surface area (Å²) < 4.78 is 5.78. The molecule has 0 amide bonds. The first kappa shape index (κ1) is 15.4. The summed E-state index contributed by atoms with van der Waals surface area (Å²) in [5.41, 5.74) is 1.44. The lowest BCUT2D eigenvalue weighted by molar-refractivity contribution is 0.309. The van der Waals surface area contributed by atoms with E-state index in [1.807, 2.05) is 0 Å².